The van der Waals surface area contributed by atoms with Gasteiger partial charge in [-0.3, -0.25) is 4.79 Å². The van der Waals surface area contributed by atoms with Crippen LogP contribution in [0, 0.1) is 11.7 Å². The van der Waals surface area contributed by atoms with Gasteiger partial charge in [-0.25, -0.2) is 4.39 Å². The second-order valence-electron chi connectivity index (χ2n) is 5.59. The van der Waals surface area contributed by atoms with Crippen LogP contribution in [0.25, 0.3) is 0 Å². The second kappa shape index (κ2) is 6.73. The van der Waals surface area contributed by atoms with Crippen molar-refractivity contribution in [1.29, 1.82) is 0 Å². The lowest BCUT2D eigenvalue weighted by Gasteiger charge is -2.30. The van der Waals surface area contributed by atoms with E-state index in [2.05, 4.69) is 12.2 Å². The molecule has 110 valence electrons. The Labute approximate surface area is 119 Å². The van der Waals surface area contributed by atoms with Crippen molar-refractivity contribution in [2.45, 2.75) is 51.7 Å². The van der Waals surface area contributed by atoms with Gasteiger partial charge in [0, 0.05) is 6.04 Å². The lowest BCUT2D eigenvalue weighted by molar-refractivity contribution is -0.128. The van der Waals surface area contributed by atoms with Gasteiger partial charge in [-0.1, -0.05) is 19.8 Å². The van der Waals surface area contributed by atoms with Crippen molar-refractivity contribution < 1.29 is 13.9 Å². The molecule has 1 aromatic carbocycles. The van der Waals surface area contributed by atoms with Crippen LogP contribution in [0.3, 0.4) is 0 Å². The topological polar surface area (TPSA) is 38.3 Å². The van der Waals surface area contributed by atoms with Crippen molar-refractivity contribution in [3.05, 3.63) is 30.1 Å². The van der Waals surface area contributed by atoms with E-state index in [4.69, 9.17) is 4.74 Å². The lowest BCUT2D eigenvalue weighted by Crippen LogP contribution is -2.46. The number of hydrogen-bond acceptors (Lipinski definition) is 2. The Bertz CT molecular complexity index is 446. The van der Waals surface area contributed by atoms with Crippen molar-refractivity contribution in [1.82, 2.24) is 5.32 Å². The maximum absolute atomic E-state index is 12.8. The van der Waals surface area contributed by atoms with Crippen LogP contribution in [0.15, 0.2) is 24.3 Å². The first kappa shape index (κ1) is 14.8. The van der Waals surface area contributed by atoms with Gasteiger partial charge < -0.3 is 10.1 Å². The molecular weight excluding hydrogens is 257 g/mol. The summed E-state index contributed by atoms with van der Waals surface area (Å²) in [6, 6.07) is 5.95. The van der Waals surface area contributed by atoms with E-state index in [0.29, 0.717) is 11.7 Å². The Hall–Kier alpha value is -1.58. The predicted molar refractivity (Wildman–Crippen MR) is 76.1 cm³/mol. The van der Waals surface area contributed by atoms with Gasteiger partial charge in [0.2, 0.25) is 0 Å². The molecule has 1 saturated carbocycles. The zero-order chi connectivity index (χ0) is 14.5. The van der Waals surface area contributed by atoms with Gasteiger partial charge in [0.1, 0.15) is 11.6 Å². The molecule has 1 fully saturated rings. The second-order valence-corrected chi connectivity index (χ2v) is 5.59. The molecule has 0 aliphatic heterocycles. The van der Waals surface area contributed by atoms with Gasteiger partial charge in [0.25, 0.3) is 5.91 Å². The van der Waals surface area contributed by atoms with E-state index >= 15 is 0 Å². The van der Waals surface area contributed by atoms with E-state index in [9.17, 15) is 9.18 Å². The summed E-state index contributed by atoms with van der Waals surface area (Å²) in [5.41, 5.74) is 0. The number of benzene rings is 1. The average molecular weight is 279 g/mol. The molecule has 0 saturated heterocycles. The maximum atomic E-state index is 12.8. The standard InChI is InChI=1S/C16H22FNO2/c1-11-5-3-4-6-15(11)18-16(19)12(2)20-14-9-7-13(17)8-10-14/h7-12,15H,3-6H2,1-2H3,(H,18,19)/t11-,12+,15+/m1/s1. The molecule has 3 nitrogen and oxygen atoms in total. The third-order valence-electron chi connectivity index (χ3n) is 3.93. The summed E-state index contributed by atoms with van der Waals surface area (Å²) in [6.07, 6.45) is 4.04. The van der Waals surface area contributed by atoms with Crippen LogP contribution in [0.5, 0.6) is 5.75 Å². The number of hydrogen-bond donors (Lipinski definition) is 1. The van der Waals surface area contributed by atoms with E-state index in [1.165, 1.54) is 37.1 Å². The number of carbonyl (C=O) groups excluding carboxylic acids is 1. The Morgan fingerprint density at radius 1 is 1.30 bits per heavy atom. The molecule has 1 aliphatic rings. The zero-order valence-electron chi connectivity index (χ0n) is 12.1. The molecule has 0 radical (unpaired) electrons. The smallest absolute Gasteiger partial charge is 0.261 e. The number of ether oxygens (including phenoxy) is 1. The van der Waals surface area contributed by atoms with Crippen LogP contribution in [0.2, 0.25) is 0 Å². The third kappa shape index (κ3) is 3.95. The Morgan fingerprint density at radius 2 is 1.95 bits per heavy atom. The fraction of sp³-hybridized carbons (Fsp3) is 0.562. The summed E-state index contributed by atoms with van der Waals surface area (Å²) in [7, 11) is 0. The van der Waals surface area contributed by atoms with Crippen LogP contribution in [-0.2, 0) is 4.79 Å². The quantitative estimate of drug-likeness (QED) is 0.918. The number of carbonyl (C=O) groups is 1. The average Bonchev–Trinajstić information content (AvgIpc) is 2.44. The molecule has 0 spiro atoms. The summed E-state index contributed by atoms with van der Waals surface area (Å²) >= 11 is 0. The molecule has 1 aliphatic carbocycles. The van der Waals surface area contributed by atoms with Crippen LogP contribution in [0.4, 0.5) is 4.39 Å². The third-order valence-corrected chi connectivity index (χ3v) is 3.93. The zero-order valence-corrected chi connectivity index (χ0v) is 12.1. The summed E-state index contributed by atoms with van der Waals surface area (Å²) in [5.74, 6) is 0.607. The van der Waals surface area contributed by atoms with Gasteiger partial charge in [-0.2, -0.15) is 0 Å². The summed E-state index contributed by atoms with van der Waals surface area (Å²) < 4.78 is 18.3. The van der Waals surface area contributed by atoms with E-state index in [-0.39, 0.29) is 17.8 Å². The molecule has 20 heavy (non-hydrogen) atoms. The van der Waals surface area contributed by atoms with Gasteiger partial charge in [0.05, 0.1) is 0 Å². The number of nitrogens with one attached hydrogen (secondary N) is 1. The highest BCUT2D eigenvalue weighted by atomic mass is 19.1. The van der Waals surface area contributed by atoms with E-state index in [1.54, 1.807) is 6.92 Å². The van der Waals surface area contributed by atoms with Crippen molar-refractivity contribution in [2.75, 3.05) is 0 Å². The summed E-state index contributed by atoms with van der Waals surface area (Å²) in [4.78, 5) is 12.1. The molecule has 1 N–H and O–H groups in total. The van der Waals surface area contributed by atoms with Gasteiger partial charge in [-0.05, 0) is 49.9 Å². The van der Waals surface area contributed by atoms with E-state index in [0.717, 1.165) is 12.8 Å². The molecule has 0 bridgehead atoms. The highest BCUT2D eigenvalue weighted by Crippen LogP contribution is 2.24. The highest BCUT2D eigenvalue weighted by molar-refractivity contribution is 5.81. The van der Waals surface area contributed by atoms with Gasteiger partial charge in [0.15, 0.2) is 6.10 Å². The fourth-order valence-corrected chi connectivity index (χ4v) is 2.60. The van der Waals surface area contributed by atoms with Gasteiger partial charge in [-0.15, -0.1) is 0 Å². The first-order valence-corrected chi connectivity index (χ1v) is 7.29. The molecule has 2 rings (SSSR count). The normalized spacial score (nSPS) is 23.9. The molecule has 1 amide bonds. The fourth-order valence-electron chi connectivity index (χ4n) is 2.60. The summed E-state index contributed by atoms with van der Waals surface area (Å²) in [6.45, 7) is 3.89. The molecule has 0 unspecified atom stereocenters. The predicted octanol–water partition coefficient (Wildman–Crippen LogP) is 3.29. The molecule has 0 aromatic heterocycles. The minimum Gasteiger partial charge on any atom is -0.481 e. The number of halogens is 1. The van der Waals surface area contributed by atoms with Crippen LogP contribution >= 0.6 is 0 Å². The van der Waals surface area contributed by atoms with Crippen LogP contribution in [0.1, 0.15) is 39.5 Å². The number of rotatable bonds is 4. The molecule has 3 atom stereocenters. The highest BCUT2D eigenvalue weighted by Gasteiger charge is 2.25. The maximum Gasteiger partial charge on any atom is 0.261 e. The van der Waals surface area contributed by atoms with Crippen molar-refractivity contribution in [2.24, 2.45) is 5.92 Å². The monoisotopic (exact) mass is 279 g/mol. The Balaban J connectivity index is 1.86. The summed E-state index contributed by atoms with van der Waals surface area (Å²) in [5, 5.41) is 3.06. The SMILES string of the molecule is C[C@H](Oc1ccc(F)cc1)C(=O)N[C@H]1CCCC[C@H]1C. The first-order chi connectivity index (χ1) is 9.56. The largest absolute Gasteiger partial charge is 0.481 e. The van der Waals surface area contributed by atoms with Crippen molar-refractivity contribution >= 4 is 5.91 Å². The van der Waals surface area contributed by atoms with E-state index in [1.807, 2.05) is 0 Å². The van der Waals surface area contributed by atoms with Gasteiger partial charge >= 0.3 is 0 Å². The molecule has 4 heteroatoms. The minimum atomic E-state index is -0.574. The molecular formula is C16H22FNO2. The van der Waals surface area contributed by atoms with E-state index < -0.39 is 6.10 Å². The van der Waals surface area contributed by atoms with Crippen molar-refractivity contribution in [3.8, 4) is 5.75 Å². The van der Waals surface area contributed by atoms with Crippen LogP contribution < -0.4 is 10.1 Å². The number of amides is 1. The molecule has 0 heterocycles. The Morgan fingerprint density at radius 3 is 2.60 bits per heavy atom. The lowest BCUT2D eigenvalue weighted by atomic mass is 9.86. The first-order valence-electron chi connectivity index (χ1n) is 7.29. The Kier molecular flexibility index (Phi) is 4.99. The minimum absolute atomic E-state index is 0.104. The van der Waals surface area contributed by atoms with Crippen molar-refractivity contribution in [3.63, 3.8) is 0 Å². The molecule has 1 aromatic rings. The van der Waals surface area contributed by atoms with Crippen LogP contribution in [-0.4, -0.2) is 18.1 Å².